The Balaban J connectivity index is 1.58. The Morgan fingerprint density at radius 3 is 2.83 bits per heavy atom. The number of thioether (sulfide) groups is 1. The molecule has 0 saturated carbocycles. The molecular formula is C24H21FN3O3S4+. The Morgan fingerprint density at radius 1 is 1.23 bits per heavy atom. The van der Waals surface area contributed by atoms with Crippen molar-refractivity contribution in [1.29, 1.82) is 0 Å². The summed E-state index contributed by atoms with van der Waals surface area (Å²) in [5, 5.41) is 5.64. The van der Waals surface area contributed by atoms with Crippen LogP contribution in [0.4, 0.5) is 10.1 Å². The predicted molar refractivity (Wildman–Crippen MR) is 140 cm³/mol. The molecule has 1 aliphatic rings. The number of hydrogen-bond donors (Lipinski definition) is 0. The second kappa shape index (κ2) is 9.73. The van der Waals surface area contributed by atoms with Crippen molar-refractivity contribution in [2.45, 2.75) is 24.9 Å². The van der Waals surface area contributed by atoms with E-state index in [1.807, 2.05) is 48.0 Å². The van der Waals surface area contributed by atoms with E-state index in [1.165, 1.54) is 53.7 Å². The Morgan fingerprint density at radius 2 is 2.06 bits per heavy atom. The third kappa shape index (κ3) is 4.37. The number of fused-ring (bicyclic) bond motifs is 1. The number of nitrogens with zero attached hydrogens (tertiary/aromatic N) is 3. The van der Waals surface area contributed by atoms with Gasteiger partial charge in [0, 0.05) is 24.1 Å². The summed E-state index contributed by atoms with van der Waals surface area (Å²) < 4.78 is 24.0. The molecule has 0 spiro atoms. The highest BCUT2D eigenvalue weighted by Gasteiger charge is 2.25. The molecule has 0 radical (unpaired) electrons. The quantitative estimate of drug-likeness (QED) is 0.284. The van der Waals surface area contributed by atoms with Crippen LogP contribution >= 0.6 is 45.8 Å². The molecule has 0 unspecified atom stereocenters. The molecule has 1 aromatic carbocycles. The van der Waals surface area contributed by atoms with E-state index < -0.39 is 0 Å². The van der Waals surface area contributed by atoms with Gasteiger partial charge in [-0.1, -0.05) is 23.1 Å². The number of ether oxygens (including phenoxy) is 1. The minimum atomic E-state index is -0.338. The van der Waals surface area contributed by atoms with Gasteiger partial charge in [0.2, 0.25) is 0 Å². The van der Waals surface area contributed by atoms with Crippen LogP contribution in [-0.2, 0) is 17.8 Å². The fourth-order valence-electron chi connectivity index (χ4n) is 3.88. The van der Waals surface area contributed by atoms with Gasteiger partial charge in [-0.3, -0.25) is 9.36 Å². The number of rotatable bonds is 5. The van der Waals surface area contributed by atoms with Crippen molar-refractivity contribution in [2.75, 3.05) is 19.1 Å². The number of thiophene rings is 1. The predicted octanol–water partition coefficient (Wildman–Crippen LogP) is 3.45. The summed E-state index contributed by atoms with van der Waals surface area (Å²) >= 11 is 5.79. The van der Waals surface area contributed by atoms with Gasteiger partial charge in [0.05, 0.1) is 24.3 Å². The molecule has 4 heterocycles. The van der Waals surface area contributed by atoms with Crippen molar-refractivity contribution in [3.63, 3.8) is 0 Å². The zero-order valence-corrected chi connectivity index (χ0v) is 22.4. The van der Waals surface area contributed by atoms with E-state index in [9.17, 15) is 14.0 Å². The number of methoxy groups -OCH3 is 1. The number of aromatic nitrogens is 2. The lowest BCUT2D eigenvalue weighted by Crippen LogP contribution is -2.36. The smallest absolute Gasteiger partial charge is 0.348 e. The standard InChI is InChI=1S/C24H21FN3O3S4/c1-4-28-19(12-18-27(8-10-32-18)13-14-7-9-33-20(14)24(30)31-3)35-21(22(28)29)23-26(2)16-6-5-15(25)11-17(16)34-23/h5-12H,4,13H2,1-3H3/q+1/b23-21+. The minimum Gasteiger partial charge on any atom is -0.465 e. The maximum atomic E-state index is 13.8. The lowest BCUT2D eigenvalue weighted by atomic mass is 10.2. The zero-order chi connectivity index (χ0) is 24.7. The molecule has 4 aromatic rings. The maximum Gasteiger partial charge on any atom is 0.348 e. The Kier molecular flexibility index (Phi) is 6.67. The lowest BCUT2D eigenvalue weighted by Gasteiger charge is -2.12. The van der Waals surface area contributed by atoms with Crippen molar-refractivity contribution in [1.82, 2.24) is 4.57 Å². The van der Waals surface area contributed by atoms with Gasteiger partial charge in [-0.25, -0.2) is 9.18 Å². The highest BCUT2D eigenvalue weighted by molar-refractivity contribution is 8.08. The summed E-state index contributed by atoms with van der Waals surface area (Å²) in [4.78, 5) is 28.8. The molecule has 180 valence electrons. The molecule has 0 atom stereocenters. The van der Waals surface area contributed by atoms with Crippen molar-refractivity contribution in [3.8, 4) is 0 Å². The topological polar surface area (TPSA) is 55.4 Å². The fourth-order valence-corrected chi connectivity index (χ4v) is 8.05. The van der Waals surface area contributed by atoms with Crippen molar-refractivity contribution in [3.05, 3.63) is 82.0 Å². The van der Waals surface area contributed by atoms with Gasteiger partial charge in [0.1, 0.15) is 24.9 Å². The molecule has 0 bridgehead atoms. The van der Waals surface area contributed by atoms with Crippen molar-refractivity contribution in [2.24, 2.45) is 0 Å². The van der Waals surface area contributed by atoms with Gasteiger partial charge < -0.3 is 9.64 Å². The SMILES string of the molecule is CCn1c(=O)/c(=C2\Sc3cc(F)ccc3N2C)s/c1=C\c1scc[n+]1Cc1ccsc1C(=O)OC. The molecule has 0 fully saturated rings. The van der Waals surface area contributed by atoms with Gasteiger partial charge in [0.25, 0.3) is 10.6 Å². The second-order valence-corrected chi connectivity index (χ2v) is 11.6. The molecule has 0 saturated heterocycles. The van der Waals surface area contributed by atoms with E-state index in [0.717, 1.165) is 30.8 Å². The molecule has 0 aliphatic carbocycles. The monoisotopic (exact) mass is 546 g/mol. The summed E-state index contributed by atoms with van der Waals surface area (Å²) in [5.41, 5.74) is 1.73. The molecule has 35 heavy (non-hydrogen) atoms. The largest absolute Gasteiger partial charge is 0.465 e. The zero-order valence-electron chi connectivity index (χ0n) is 19.1. The van der Waals surface area contributed by atoms with Crippen LogP contribution in [0.3, 0.4) is 0 Å². The first-order valence-electron chi connectivity index (χ1n) is 10.7. The number of carbonyl (C=O) groups excluding carboxylic acids is 1. The lowest BCUT2D eigenvalue weighted by molar-refractivity contribution is -0.685. The molecular weight excluding hydrogens is 526 g/mol. The van der Waals surface area contributed by atoms with E-state index >= 15 is 0 Å². The molecule has 3 aromatic heterocycles. The molecule has 1 aliphatic heterocycles. The average molecular weight is 547 g/mol. The molecule has 5 rings (SSSR count). The van der Waals surface area contributed by atoms with E-state index in [-0.39, 0.29) is 17.3 Å². The van der Waals surface area contributed by atoms with Crippen molar-refractivity contribution >= 4 is 68.5 Å². The van der Waals surface area contributed by atoms with Crippen molar-refractivity contribution < 1.29 is 18.5 Å². The van der Waals surface area contributed by atoms with Crippen LogP contribution in [0.5, 0.6) is 0 Å². The highest BCUT2D eigenvalue weighted by atomic mass is 32.2. The first kappa shape index (κ1) is 24.0. The number of halogens is 1. The number of anilines is 1. The van der Waals surface area contributed by atoms with E-state index in [0.29, 0.717) is 22.5 Å². The minimum absolute atomic E-state index is 0.0553. The van der Waals surface area contributed by atoms with Crippen LogP contribution in [0.25, 0.3) is 11.1 Å². The third-order valence-electron chi connectivity index (χ3n) is 5.63. The first-order chi connectivity index (χ1) is 16.9. The summed E-state index contributed by atoms with van der Waals surface area (Å²) in [5.74, 6) is -0.629. The number of esters is 1. The highest BCUT2D eigenvalue weighted by Crippen LogP contribution is 2.45. The Bertz CT molecular complexity index is 1620. The summed E-state index contributed by atoms with van der Waals surface area (Å²) in [6, 6.07) is 6.61. The van der Waals surface area contributed by atoms with Gasteiger partial charge >= 0.3 is 5.97 Å². The number of thiazole rings is 2. The van der Waals surface area contributed by atoms with Gasteiger partial charge in [-0.2, -0.15) is 4.57 Å². The fraction of sp³-hybridized carbons (Fsp3) is 0.208. The molecule has 6 nitrogen and oxygen atoms in total. The summed E-state index contributed by atoms with van der Waals surface area (Å²) in [7, 11) is 3.28. The summed E-state index contributed by atoms with van der Waals surface area (Å²) in [6.07, 6.45) is 3.99. The second-order valence-electron chi connectivity index (χ2n) is 7.68. The average Bonchev–Trinajstić information content (AvgIpc) is 3.61. The molecule has 11 heteroatoms. The van der Waals surface area contributed by atoms with E-state index in [4.69, 9.17) is 4.74 Å². The number of benzene rings is 1. The van der Waals surface area contributed by atoms with E-state index in [1.54, 1.807) is 22.0 Å². The van der Waals surface area contributed by atoms with Crippen LogP contribution in [0, 0.1) is 5.82 Å². The normalized spacial score (nSPS) is 15.1. The van der Waals surface area contributed by atoms with Crippen LogP contribution in [0.1, 0.15) is 27.2 Å². The van der Waals surface area contributed by atoms with Crippen LogP contribution in [0.15, 0.2) is 50.9 Å². The van der Waals surface area contributed by atoms with Crippen LogP contribution in [0.2, 0.25) is 0 Å². The first-order valence-corrected chi connectivity index (χ1v) is 14.1. The third-order valence-corrected chi connectivity index (χ3v) is 9.89. The summed E-state index contributed by atoms with van der Waals surface area (Å²) in [6.45, 7) is 3.01. The number of carbonyl (C=O) groups is 1. The van der Waals surface area contributed by atoms with Crippen LogP contribution < -0.4 is 24.2 Å². The van der Waals surface area contributed by atoms with Gasteiger partial charge in [-0.15, -0.1) is 22.7 Å². The Hall–Kier alpha value is -2.73. The van der Waals surface area contributed by atoms with Crippen LogP contribution in [-0.4, -0.2) is 24.7 Å². The molecule has 0 N–H and O–H groups in total. The number of hydrogen-bond acceptors (Lipinski definition) is 8. The molecule has 0 amide bonds. The van der Waals surface area contributed by atoms with Gasteiger partial charge in [0.15, 0.2) is 12.7 Å². The van der Waals surface area contributed by atoms with E-state index in [2.05, 4.69) is 4.57 Å². The Labute approximate surface area is 216 Å². The van der Waals surface area contributed by atoms with Gasteiger partial charge in [-0.05, 0) is 36.6 Å². The maximum absolute atomic E-state index is 13.8.